The first-order chi connectivity index (χ1) is 7.67. The summed E-state index contributed by atoms with van der Waals surface area (Å²) >= 11 is 1.82. The van der Waals surface area contributed by atoms with Crippen LogP contribution >= 0.6 is 11.8 Å². The summed E-state index contributed by atoms with van der Waals surface area (Å²) in [5.74, 6) is 0. The molecule has 1 aromatic carbocycles. The lowest BCUT2D eigenvalue weighted by Crippen LogP contribution is -2.11. The van der Waals surface area contributed by atoms with E-state index in [0.717, 1.165) is 6.42 Å². The standard InChI is InChI=1S/C13H21NOS/c1-10(8-9-15)16-13-6-4-12(5-7-13)11(2)14-3/h4-7,10-11,14-15H,8-9H2,1-3H3. The molecule has 90 valence electrons. The summed E-state index contributed by atoms with van der Waals surface area (Å²) < 4.78 is 0. The number of nitrogens with one attached hydrogen (secondary N) is 1. The smallest absolute Gasteiger partial charge is 0.0441 e. The van der Waals surface area contributed by atoms with Gasteiger partial charge >= 0.3 is 0 Å². The van der Waals surface area contributed by atoms with E-state index in [1.54, 1.807) is 0 Å². The van der Waals surface area contributed by atoms with E-state index in [2.05, 4.69) is 43.4 Å². The Morgan fingerprint density at radius 3 is 2.38 bits per heavy atom. The van der Waals surface area contributed by atoms with Gasteiger partial charge in [0.1, 0.15) is 0 Å². The fourth-order valence-electron chi connectivity index (χ4n) is 1.47. The van der Waals surface area contributed by atoms with Gasteiger partial charge in [0.2, 0.25) is 0 Å². The van der Waals surface area contributed by atoms with Crippen LogP contribution in [0.3, 0.4) is 0 Å². The van der Waals surface area contributed by atoms with Crippen LogP contribution in [0.2, 0.25) is 0 Å². The molecular weight excluding hydrogens is 218 g/mol. The van der Waals surface area contributed by atoms with Gasteiger partial charge in [-0.2, -0.15) is 0 Å². The number of hydrogen-bond acceptors (Lipinski definition) is 3. The first kappa shape index (κ1) is 13.6. The van der Waals surface area contributed by atoms with Crippen molar-refractivity contribution in [2.75, 3.05) is 13.7 Å². The van der Waals surface area contributed by atoms with Crippen molar-refractivity contribution in [1.82, 2.24) is 5.32 Å². The van der Waals surface area contributed by atoms with Crippen molar-refractivity contribution in [2.24, 2.45) is 0 Å². The number of hydrogen-bond donors (Lipinski definition) is 2. The van der Waals surface area contributed by atoms with Gasteiger partial charge in [-0.05, 0) is 38.1 Å². The minimum Gasteiger partial charge on any atom is -0.396 e. The van der Waals surface area contributed by atoms with Gasteiger partial charge in [-0.3, -0.25) is 0 Å². The fourth-order valence-corrected chi connectivity index (χ4v) is 2.46. The van der Waals surface area contributed by atoms with Crippen molar-refractivity contribution in [3.05, 3.63) is 29.8 Å². The van der Waals surface area contributed by atoms with Gasteiger partial charge in [-0.15, -0.1) is 11.8 Å². The van der Waals surface area contributed by atoms with Crippen LogP contribution in [0.5, 0.6) is 0 Å². The van der Waals surface area contributed by atoms with Gasteiger partial charge in [0.05, 0.1) is 0 Å². The Bertz CT molecular complexity index is 299. The lowest BCUT2D eigenvalue weighted by molar-refractivity contribution is 0.289. The number of thioether (sulfide) groups is 1. The highest BCUT2D eigenvalue weighted by atomic mass is 32.2. The Morgan fingerprint density at radius 2 is 1.88 bits per heavy atom. The minimum absolute atomic E-state index is 0.267. The molecule has 0 saturated heterocycles. The molecule has 1 aromatic rings. The van der Waals surface area contributed by atoms with Gasteiger partial charge in [-0.25, -0.2) is 0 Å². The Labute approximate surface area is 102 Å². The van der Waals surface area contributed by atoms with Gasteiger partial charge in [0.25, 0.3) is 0 Å². The second-order valence-corrected chi connectivity index (χ2v) is 5.53. The van der Waals surface area contributed by atoms with Gasteiger partial charge in [-0.1, -0.05) is 19.1 Å². The van der Waals surface area contributed by atoms with E-state index in [1.165, 1.54) is 10.5 Å². The van der Waals surface area contributed by atoms with Crippen LogP contribution in [0, 0.1) is 0 Å². The molecule has 3 heteroatoms. The number of aliphatic hydroxyl groups is 1. The molecule has 0 aliphatic heterocycles. The van der Waals surface area contributed by atoms with Crippen LogP contribution in [-0.4, -0.2) is 24.0 Å². The zero-order chi connectivity index (χ0) is 12.0. The van der Waals surface area contributed by atoms with Crippen molar-refractivity contribution in [3.8, 4) is 0 Å². The first-order valence-electron chi connectivity index (χ1n) is 5.72. The molecule has 0 amide bonds. The Morgan fingerprint density at radius 1 is 1.25 bits per heavy atom. The summed E-state index contributed by atoms with van der Waals surface area (Å²) in [7, 11) is 1.97. The van der Waals surface area contributed by atoms with Crippen molar-refractivity contribution < 1.29 is 5.11 Å². The third kappa shape index (κ3) is 4.16. The van der Waals surface area contributed by atoms with E-state index in [9.17, 15) is 0 Å². The number of aliphatic hydroxyl groups excluding tert-OH is 1. The minimum atomic E-state index is 0.267. The molecule has 0 heterocycles. The average molecular weight is 239 g/mol. The summed E-state index contributed by atoms with van der Waals surface area (Å²) in [6, 6.07) is 9.03. The van der Waals surface area contributed by atoms with E-state index in [4.69, 9.17) is 5.11 Å². The number of rotatable bonds is 6. The maximum atomic E-state index is 8.84. The summed E-state index contributed by atoms with van der Waals surface area (Å²) in [6.07, 6.45) is 0.847. The zero-order valence-electron chi connectivity index (χ0n) is 10.2. The molecule has 1 rings (SSSR count). The SMILES string of the molecule is CNC(C)c1ccc(SC(C)CCO)cc1. The Hall–Kier alpha value is -0.510. The molecule has 0 spiro atoms. The molecule has 0 fully saturated rings. The van der Waals surface area contributed by atoms with E-state index in [1.807, 2.05) is 18.8 Å². The van der Waals surface area contributed by atoms with Crippen LogP contribution in [-0.2, 0) is 0 Å². The van der Waals surface area contributed by atoms with Crippen LogP contribution in [0.4, 0.5) is 0 Å². The van der Waals surface area contributed by atoms with Crippen molar-refractivity contribution in [2.45, 2.75) is 36.5 Å². The van der Waals surface area contributed by atoms with Crippen molar-refractivity contribution in [1.29, 1.82) is 0 Å². The topological polar surface area (TPSA) is 32.3 Å². The molecule has 0 aliphatic carbocycles. The molecule has 0 aliphatic rings. The maximum Gasteiger partial charge on any atom is 0.0441 e. The van der Waals surface area contributed by atoms with Crippen LogP contribution in [0.15, 0.2) is 29.2 Å². The van der Waals surface area contributed by atoms with Gasteiger partial charge in [0, 0.05) is 22.8 Å². The molecular formula is C13H21NOS. The summed E-state index contributed by atoms with van der Waals surface area (Å²) in [6.45, 7) is 4.56. The second kappa shape index (κ2) is 6.94. The zero-order valence-corrected chi connectivity index (χ0v) is 11.1. The van der Waals surface area contributed by atoms with Crippen molar-refractivity contribution >= 4 is 11.8 Å². The molecule has 2 atom stereocenters. The molecule has 16 heavy (non-hydrogen) atoms. The predicted octanol–water partition coefficient (Wildman–Crippen LogP) is 2.83. The van der Waals surface area contributed by atoms with E-state index in [-0.39, 0.29) is 6.61 Å². The van der Waals surface area contributed by atoms with E-state index in [0.29, 0.717) is 11.3 Å². The van der Waals surface area contributed by atoms with Crippen LogP contribution in [0.25, 0.3) is 0 Å². The molecule has 2 nitrogen and oxygen atoms in total. The Kier molecular flexibility index (Phi) is 5.88. The summed E-state index contributed by atoms with van der Waals surface area (Å²) in [4.78, 5) is 1.27. The summed E-state index contributed by atoms with van der Waals surface area (Å²) in [5, 5.41) is 12.5. The highest BCUT2D eigenvalue weighted by Crippen LogP contribution is 2.26. The quantitative estimate of drug-likeness (QED) is 0.749. The first-order valence-corrected chi connectivity index (χ1v) is 6.60. The highest BCUT2D eigenvalue weighted by molar-refractivity contribution is 7.99. The molecule has 0 bridgehead atoms. The van der Waals surface area contributed by atoms with Crippen LogP contribution < -0.4 is 5.32 Å². The molecule has 2 N–H and O–H groups in total. The second-order valence-electron chi connectivity index (χ2n) is 4.02. The highest BCUT2D eigenvalue weighted by Gasteiger charge is 2.05. The predicted molar refractivity (Wildman–Crippen MR) is 70.9 cm³/mol. The molecule has 0 aromatic heterocycles. The molecule has 0 radical (unpaired) electrons. The molecule has 2 unspecified atom stereocenters. The van der Waals surface area contributed by atoms with E-state index < -0.39 is 0 Å². The largest absolute Gasteiger partial charge is 0.396 e. The normalized spacial score (nSPS) is 14.8. The lowest BCUT2D eigenvalue weighted by atomic mass is 10.1. The number of benzene rings is 1. The monoisotopic (exact) mass is 239 g/mol. The van der Waals surface area contributed by atoms with E-state index >= 15 is 0 Å². The third-order valence-corrected chi connectivity index (χ3v) is 3.87. The fraction of sp³-hybridized carbons (Fsp3) is 0.538. The van der Waals surface area contributed by atoms with Crippen molar-refractivity contribution in [3.63, 3.8) is 0 Å². The third-order valence-electron chi connectivity index (χ3n) is 2.69. The lowest BCUT2D eigenvalue weighted by Gasteiger charge is -2.12. The summed E-state index contributed by atoms with van der Waals surface area (Å²) in [5.41, 5.74) is 1.31. The average Bonchev–Trinajstić information content (AvgIpc) is 2.29. The maximum absolute atomic E-state index is 8.84. The molecule has 0 saturated carbocycles. The Balaban J connectivity index is 2.57. The van der Waals surface area contributed by atoms with Crippen LogP contribution in [0.1, 0.15) is 31.9 Å². The van der Waals surface area contributed by atoms with Gasteiger partial charge < -0.3 is 10.4 Å². The van der Waals surface area contributed by atoms with Gasteiger partial charge in [0.15, 0.2) is 0 Å².